The lowest BCUT2D eigenvalue weighted by molar-refractivity contribution is -0.142. The summed E-state index contributed by atoms with van der Waals surface area (Å²) in [5.74, 6) is -1.26. The van der Waals surface area contributed by atoms with E-state index in [9.17, 15) is 9.59 Å². The highest BCUT2D eigenvalue weighted by Crippen LogP contribution is 2.34. The fourth-order valence-electron chi connectivity index (χ4n) is 4.89. The first-order valence-corrected chi connectivity index (χ1v) is 12.4. The lowest BCUT2D eigenvalue weighted by Gasteiger charge is -2.38. The lowest BCUT2D eigenvalue weighted by Crippen LogP contribution is -2.51. The maximum absolute atomic E-state index is 14.5. The number of fused-ring (bicyclic) bond motifs is 1. The molecule has 2 atom stereocenters. The third kappa shape index (κ3) is 6.37. The summed E-state index contributed by atoms with van der Waals surface area (Å²) in [5.41, 5.74) is 14.4. The summed E-state index contributed by atoms with van der Waals surface area (Å²) in [5, 5.41) is 2.20. The number of halogens is 1. The van der Waals surface area contributed by atoms with Gasteiger partial charge in [0.1, 0.15) is 6.04 Å². The molecule has 6 heteroatoms. The fraction of sp³-hybridized carbons (Fsp3) is 0.226. The van der Waals surface area contributed by atoms with Crippen molar-refractivity contribution in [2.24, 2.45) is 11.5 Å². The summed E-state index contributed by atoms with van der Waals surface area (Å²) < 4.78 is 0. The second kappa shape index (κ2) is 13.0. The molecule has 0 saturated carbocycles. The van der Waals surface area contributed by atoms with E-state index in [1.165, 1.54) is 0 Å². The van der Waals surface area contributed by atoms with Gasteiger partial charge in [0.15, 0.2) is 0 Å². The van der Waals surface area contributed by atoms with Gasteiger partial charge in [0.2, 0.25) is 11.8 Å². The number of carbonyl (C=O) groups is 2. The summed E-state index contributed by atoms with van der Waals surface area (Å²) in [6.07, 6.45) is 0.995. The van der Waals surface area contributed by atoms with E-state index in [1.807, 2.05) is 85.8 Å². The molecule has 4 N–H and O–H groups in total. The molecule has 0 bridgehead atoms. The first-order valence-electron chi connectivity index (χ1n) is 12.4. The van der Waals surface area contributed by atoms with Crippen molar-refractivity contribution < 1.29 is 9.59 Å². The van der Waals surface area contributed by atoms with Crippen molar-refractivity contribution in [2.45, 2.75) is 37.8 Å². The van der Waals surface area contributed by atoms with E-state index < -0.39 is 17.9 Å². The fourth-order valence-corrected chi connectivity index (χ4v) is 4.89. The van der Waals surface area contributed by atoms with Gasteiger partial charge in [-0.1, -0.05) is 97.1 Å². The zero-order chi connectivity index (χ0) is 25.5. The maximum Gasteiger partial charge on any atom is 0.240 e. The SMILES string of the molecule is C[C@H](c1ccc2ccccc2c1)N(C(=O)C(c1ccccc1)c1ccccc1)[C@H](CCCN)C(N)=O.Cl. The minimum Gasteiger partial charge on any atom is -0.368 e. The average molecular weight is 516 g/mol. The largest absolute Gasteiger partial charge is 0.368 e. The summed E-state index contributed by atoms with van der Waals surface area (Å²) in [6.45, 7) is 2.38. The highest BCUT2D eigenvalue weighted by atomic mass is 35.5. The zero-order valence-electron chi connectivity index (χ0n) is 21.0. The number of nitrogens with two attached hydrogens (primary N) is 2. The molecule has 0 heterocycles. The standard InChI is InChI=1S/C31H33N3O2.ClH/c1-22(26-19-18-23-11-8-9-16-27(23)21-26)34(28(30(33)35)17-10-20-32)31(36)29(24-12-4-2-5-13-24)25-14-6-3-7-15-25;/h2-9,11-16,18-19,21-22,28-29H,10,17,20,32H2,1H3,(H2,33,35);1H/t22-,28-;/m1./s1. The van der Waals surface area contributed by atoms with Crippen LogP contribution in [0.5, 0.6) is 0 Å². The van der Waals surface area contributed by atoms with Crippen LogP contribution in [0.1, 0.15) is 48.4 Å². The molecule has 192 valence electrons. The molecule has 0 aliphatic rings. The number of hydrogen-bond acceptors (Lipinski definition) is 3. The van der Waals surface area contributed by atoms with E-state index in [-0.39, 0.29) is 24.4 Å². The van der Waals surface area contributed by atoms with E-state index in [2.05, 4.69) is 24.3 Å². The van der Waals surface area contributed by atoms with Crippen molar-refractivity contribution in [2.75, 3.05) is 6.54 Å². The quantitative estimate of drug-likeness (QED) is 0.289. The van der Waals surface area contributed by atoms with E-state index >= 15 is 0 Å². The predicted molar refractivity (Wildman–Crippen MR) is 152 cm³/mol. The van der Waals surface area contributed by atoms with Crippen molar-refractivity contribution in [3.05, 3.63) is 120 Å². The van der Waals surface area contributed by atoms with Crippen LogP contribution < -0.4 is 11.5 Å². The van der Waals surface area contributed by atoms with Crippen LogP contribution in [0, 0.1) is 0 Å². The number of primary amides is 1. The summed E-state index contributed by atoms with van der Waals surface area (Å²) in [4.78, 5) is 29.0. The van der Waals surface area contributed by atoms with Crippen LogP contribution in [0.25, 0.3) is 10.8 Å². The molecule has 0 saturated heterocycles. The summed E-state index contributed by atoms with van der Waals surface area (Å²) in [6, 6.07) is 32.5. The van der Waals surface area contributed by atoms with Crippen LogP contribution >= 0.6 is 12.4 Å². The molecule has 0 radical (unpaired) electrons. The Kier molecular flexibility index (Phi) is 9.84. The third-order valence-corrected chi connectivity index (χ3v) is 6.79. The molecule has 0 spiro atoms. The Morgan fingerprint density at radius 2 is 1.30 bits per heavy atom. The highest BCUT2D eigenvalue weighted by Gasteiger charge is 2.37. The monoisotopic (exact) mass is 515 g/mol. The second-order valence-corrected chi connectivity index (χ2v) is 9.13. The molecule has 4 rings (SSSR count). The zero-order valence-corrected chi connectivity index (χ0v) is 21.8. The number of hydrogen-bond donors (Lipinski definition) is 2. The van der Waals surface area contributed by atoms with Crippen LogP contribution in [0.2, 0.25) is 0 Å². The Labute approximate surface area is 224 Å². The Morgan fingerprint density at radius 1 is 0.757 bits per heavy atom. The number of nitrogens with zero attached hydrogens (tertiary/aromatic N) is 1. The van der Waals surface area contributed by atoms with Crippen LogP contribution in [0.4, 0.5) is 0 Å². The molecule has 37 heavy (non-hydrogen) atoms. The van der Waals surface area contributed by atoms with Gasteiger partial charge in [0, 0.05) is 0 Å². The lowest BCUT2D eigenvalue weighted by atomic mass is 9.88. The Bertz CT molecular complexity index is 1270. The third-order valence-electron chi connectivity index (χ3n) is 6.79. The topological polar surface area (TPSA) is 89.4 Å². The molecule has 5 nitrogen and oxygen atoms in total. The molecule has 2 amide bonds. The number of benzene rings is 4. The van der Waals surface area contributed by atoms with Gasteiger partial charge in [0.25, 0.3) is 0 Å². The van der Waals surface area contributed by atoms with Crippen molar-refractivity contribution in [3.63, 3.8) is 0 Å². The van der Waals surface area contributed by atoms with Crippen molar-refractivity contribution in [3.8, 4) is 0 Å². The molecule has 4 aromatic rings. The number of rotatable bonds is 10. The molecule has 0 aliphatic carbocycles. The van der Waals surface area contributed by atoms with Crippen LogP contribution in [0.3, 0.4) is 0 Å². The van der Waals surface area contributed by atoms with Gasteiger partial charge in [0.05, 0.1) is 12.0 Å². The van der Waals surface area contributed by atoms with Crippen molar-refractivity contribution in [1.29, 1.82) is 0 Å². The maximum atomic E-state index is 14.5. The minimum atomic E-state index is -0.780. The van der Waals surface area contributed by atoms with Gasteiger partial charge in [-0.2, -0.15) is 0 Å². The minimum absolute atomic E-state index is 0. The summed E-state index contributed by atoms with van der Waals surface area (Å²) >= 11 is 0. The van der Waals surface area contributed by atoms with E-state index in [0.717, 1.165) is 27.5 Å². The van der Waals surface area contributed by atoms with Gasteiger partial charge in [-0.15, -0.1) is 12.4 Å². The van der Waals surface area contributed by atoms with E-state index in [4.69, 9.17) is 11.5 Å². The summed E-state index contributed by atoms with van der Waals surface area (Å²) in [7, 11) is 0. The van der Waals surface area contributed by atoms with Gasteiger partial charge >= 0.3 is 0 Å². The predicted octanol–water partition coefficient (Wildman–Crippen LogP) is 5.58. The number of carbonyl (C=O) groups excluding carboxylic acids is 2. The van der Waals surface area contributed by atoms with Crippen LogP contribution in [-0.4, -0.2) is 29.3 Å². The molecular weight excluding hydrogens is 482 g/mol. The average Bonchev–Trinajstić information content (AvgIpc) is 2.91. The van der Waals surface area contributed by atoms with Crippen molar-refractivity contribution in [1.82, 2.24) is 4.90 Å². The highest BCUT2D eigenvalue weighted by molar-refractivity contribution is 5.92. The molecule has 0 fully saturated rings. The van der Waals surface area contributed by atoms with E-state index in [0.29, 0.717) is 19.4 Å². The molecular formula is C31H34ClN3O2. The Hall–Kier alpha value is -3.67. The first kappa shape index (κ1) is 27.9. The first-order chi connectivity index (χ1) is 17.5. The Morgan fingerprint density at radius 3 is 1.84 bits per heavy atom. The molecule has 0 unspecified atom stereocenters. The van der Waals surface area contributed by atoms with Gasteiger partial charge in [-0.25, -0.2) is 0 Å². The van der Waals surface area contributed by atoms with Gasteiger partial charge in [-0.05, 0) is 59.8 Å². The Balaban J connectivity index is 0.00000380. The smallest absolute Gasteiger partial charge is 0.240 e. The van der Waals surface area contributed by atoms with Crippen LogP contribution in [-0.2, 0) is 9.59 Å². The molecule has 4 aromatic carbocycles. The second-order valence-electron chi connectivity index (χ2n) is 9.13. The van der Waals surface area contributed by atoms with E-state index in [1.54, 1.807) is 4.90 Å². The van der Waals surface area contributed by atoms with Gasteiger partial charge < -0.3 is 16.4 Å². The molecule has 0 aromatic heterocycles. The normalized spacial score (nSPS) is 12.5. The van der Waals surface area contributed by atoms with Crippen molar-refractivity contribution >= 4 is 35.0 Å². The van der Waals surface area contributed by atoms with Crippen LogP contribution in [0.15, 0.2) is 103 Å². The number of amides is 2. The molecule has 0 aliphatic heterocycles. The van der Waals surface area contributed by atoms with Gasteiger partial charge in [-0.3, -0.25) is 9.59 Å².